The lowest BCUT2D eigenvalue weighted by Gasteiger charge is -2.47. The molecule has 3 heterocycles. The smallest absolute Gasteiger partial charge is 0.274 e. The molecule has 1 saturated heterocycles. The van der Waals surface area contributed by atoms with Crippen LogP contribution in [0.5, 0.6) is 0 Å². The molecule has 3 atom stereocenters. The molecule has 3 aliphatic rings. The number of hydrogen-bond acceptors (Lipinski definition) is 6. The largest absolute Gasteiger partial charge is 0.374 e. The van der Waals surface area contributed by atoms with Gasteiger partial charge < -0.3 is 9.64 Å². The number of halogens is 2. The summed E-state index contributed by atoms with van der Waals surface area (Å²) in [6.45, 7) is 5.43. The molecule has 0 spiro atoms. The van der Waals surface area contributed by atoms with Gasteiger partial charge in [0, 0.05) is 24.6 Å². The number of carbonyl (C=O) groups excluding carboxylic acids is 1. The average molecular weight is 494 g/mol. The van der Waals surface area contributed by atoms with E-state index in [0.717, 1.165) is 24.1 Å². The van der Waals surface area contributed by atoms with Crippen LogP contribution in [0, 0.1) is 17.0 Å². The van der Waals surface area contributed by atoms with Crippen molar-refractivity contribution in [3.63, 3.8) is 0 Å². The van der Waals surface area contributed by atoms with E-state index in [4.69, 9.17) is 4.74 Å². The van der Waals surface area contributed by atoms with Gasteiger partial charge in [0.15, 0.2) is 0 Å². The lowest BCUT2D eigenvalue weighted by molar-refractivity contribution is -0.0842. The van der Waals surface area contributed by atoms with Crippen molar-refractivity contribution in [3.05, 3.63) is 75.3 Å². The van der Waals surface area contributed by atoms with Crippen molar-refractivity contribution >= 4 is 5.91 Å². The van der Waals surface area contributed by atoms with Crippen LogP contribution < -0.4 is 5.56 Å². The fraction of sp³-hybridized carbons (Fsp3) is 0.423. The number of ether oxygens (including phenoxy) is 1. The summed E-state index contributed by atoms with van der Waals surface area (Å²) in [5.74, 6) is -1.52. The molecule has 1 saturated carbocycles. The van der Waals surface area contributed by atoms with Gasteiger partial charge in [-0.15, -0.1) is 0 Å². The maximum absolute atomic E-state index is 14.5. The molecule has 2 bridgehead atoms. The van der Waals surface area contributed by atoms with E-state index in [9.17, 15) is 18.4 Å². The molecular weight excluding hydrogens is 468 g/mol. The van der Waals surface area contributed by atoms with Crippen molar-refractivity contribution in [3.8, 4) is 11.3 Å². The summed E-state index contributed by atoms with van der Waals surface area (Å²) in [5, 5.41) is 15.0. The minimum absolute atomic E-state index is 0.118. The molecule has 186 valence electrons. The predicted molar refractivity (Wildman–Crippen MR) is 125 cm³/mol. The van der Waals surface area contributed by atoms with Crippen LogP contribution in [-0.2, 0) is 10.2 Å². The van der Waals surface area contributed by atoms with Gasteiger partial charge in [-0.2, -0.15) is 15.3 Å². The number of nitrogens with one attached hydrogen (secondary N) is 1. The molecule has 1 aliphatic heterocycles. The van der Waals surface area contributed by atoms with Gasteiger partial charge in [-0.25, -0.2) is 13.9 Å². The Hall–Kier alpha value is -3.53. The van der Waals surface area contributed by atoms with E-state index in [1.807, 2.05) is 0 Å². The number of morpholine rings is 1. The van der Waals surface area contributed by atoms with Crippen LogP contribution in [0.15, 0.2) is 41.2 Å². The van der Waals surface area contributed by atoms with Gasteiger partial charge in [0.2, 0.25) is 0 Å². The van der Waals surface area contributed by atoms with E-state index in [-0.39, 0.29) is 45.9 Å². The molecule has 2 aromatic heterocycles. The fourth-order valence-corrected chi connectivity index (χ4v) is 6.70. The van der Waals surface area contributed by atoms with Gasteiger partial charge in [-0.3, -0.25) is 9.59 Å². The highest BCUT2D eigenvalue weighted by atomic mass is 19.1. The van der Waals surface area contributed by atoms with E-state index in [0.29, 0.717) is 19.7 Å². The number of rotatable bonds is 3. The summed E-state index contributed by atoms with van der Waals surface area (Å²) < 4.78 is 35.3. The van der Waals surface area contributed by atoms with Crippen LogP contribution in [0.25, 0.3) is 11.3 Å². The van der Waals surface area contributed by atoms with Gasteiger partial charge in [-0.1, -0.05) is 19.9 Å². The topological polar surface area (TPSA) is 101 Å². The summed E-state index contributed by atoms with van der Waals surface area (Å²) in [5.41, 5.74) is 0.723. The molecule has 0 radical (unpaired) electrons. The van der Waals surface area contributed by atoms with Crippen molar-refractivity contribution < 1.29 is 18.3 Å². The fourth-order valence-electron chi connectivity index (χ4n) is 6.70. The van der Waals surface area contributed by atoms with Crippen LogP contribution in [0.2, 0.25) is 0 Å². The third kappa shape index (κ3) is 3.09. The molecule has 3 unspecified atom stereocenters. The molecule has 6 rings (SSSR count). The Morgan fingerprint density at radius 2 is 1.94 bits per heavy atom. The second kappa shape index (κ2) is 7.99. The summed E-state index contributed by atoms with van der Waals surface area (Å²) >= 11 is 0. The molecule has 36 heavy (non-hydrogen) atoms. The first kappa shape index (κ1) is 22.9. The average Bonchev–Trinajstić information content (AvgIpc) is 3.25. The lowest BCUT2D eigenvalue weighted by Crippen LogP contribution is -2.57. The number of nitrogens with zero attached hydrogens (tertiary/aromatic N) is 4. The number of aromatic amines is 1. The molecular formula is C26H25F2N5O3. The highest BCUT2D eigenvalue weighted by Gasteiger charge is 2.67. The summed E-state index contributed by atoms with van der Waals surface area (Å²) in [7, 11) is 0. The number of carbonyl (C=O) groups is 1. The molecule has 3 aromatic rings. The molecule has 10 heteroatoms. The maximum atomic E-state index is 14.5. The van der Waals surface area contributed by atoms with E-state index in [2.05, 4.69) is 34.2 Å². The summed E-state index contributed by atoms with van der Waals surface area (Å²) in [4.78, 5) is 26.2. The zero-order valence-electron chi connectivity index (χ0n) is 19.9. The molecule has 2 aliphatic carbocycles. The van der Waals surface area contributed by atoms with E-state index in [1.165, 1.54) is 30.3 Å². The lowest BCUT2D eigenvalue weighted by atomic mass is 9.64. The molecule has 8 nitrogen and oxygen atoms in total. The number of fused-ring (bicyclic) bond motifs is 5. The highest BCUT2D eigenvalue weighted by molar-refractivity contribution is 5.92. The first-order valence-electron chi connectivity index (χ1n) is 12.0. The number of amides is 1. The second-order valence-corrected chi connectivity index (χ2v) is 10.3. The van der Waals surface area contributed by atoms with Gasteiger partial charge >= 0.3 is 0 Å². The zero-order chi connectivity index (χ0) is 25.2. The van der Waals surface area contributed by atoms with Gasteiger partial charge in [0.1, 0.15) is 17.3 Å². The molecule has 1 amide bonds. The Morgan fingerprint density at radius 1 is 1.17 bits per heavy atom. The first-order chi connectivity index (χ1) is 17.2. The summed E-state index contributed by atoms with van der Waals surface area (Å²) in [6, 6.07) is 8.21. The Balaban J connectivity index is 1.38. The number of hydrogen-bond donors (Lipinski definition) is 1. The maximum Gasteiger partial charge on any atom is 0.274 e. The standard InChI is InChI=1S/C26H25F2N5O3/c1-25(2)15-8-9-26(25,20-13-33(10-11-36-20)24(35)18-6-7-21(34)31-29-18)23-14(15)12-19(30-32-23)22-16(27)4-3-5-17(22)28/h3-7,12,15,20H,8-11,13H2,1-2H3,(H,31,34). The van der Waals surface area contributed by atoms with Crippen molar-refractivity contribution in [2.75, 3.05) is 19.7 Å². The Bertz CT molecular complexity index is 1400. The van der Waals surface area contributed by atoms with Crippen molar-refractivity contribution in [2.24, 2.45) is 5.41 Å². The summed E-state index contributed by atoms with van der Waals surface area (Å²) in [6.07, 6.45) is 1.34. The minimum atomic E-state index is -0.679. The van der Waals surface area contributed by atoms with Crippen LogP contribution in [-0.4, -0.2) is 57.0 Å². The van der Waals surface area contributed by atoms with Crippen molar-refractivity contribution in [1.82, 2.24) is 25.3 Å². The van der Waals surface area contributed by atoms with E-state index in [1.54, 1.807) is 11.0 Å². The zero-order valence-corrected chi connectivity index (χ0v) is 19.9. The third-order valence-electron chi connectivity index (χ3n) is 8.49. The SMILES string of the molecule is CC1(C)C2CCC1(C1CN(C(=O)c3ccc(=O)[nH]n3)CCO1)c1nnc(-c3c(F)cccc3F)cc12. The Labute approximate surface area is 205 Å². The molecule has 2 fully saturated rings. The van der Waals surface area contributed by atoms with E-state index < -0.39 is 17.0 Å². The van der Waals surface area contributed by atoms with Crippen LogP contribution >= 0.6 is 0 Å². The van der Waals surface area contributed by atoms with Gasteiger partial charge in [-0.05, 0) is 54.0 Å². The minimum Gasteiger partial charge on any atom is -0.374 e. The quantitative estimate of drug-likeness (QED) is 0.602. The predicted octanol–water partition coefficient (Wildman–Crippen LogP) is 3.20. The number of H-pyrrole nitrogens is 1. The molecule has 1 N–H and O–H groups in total. The Morgan fingerprint density at radius 3 is 2.67 bits per heavy atom. The third-order valence-corrected chi connectivity index (χ3v) is 8.49. The normalized spacial score (nSPS) is 26.2. The van der Waals surface area contributed by atoms with Crippen molar-refractivity contribution in [1.29, 1.82) is 0 Å². The number of benzene rings is 1. The van der Waals surface area contributed by atoms with Gasteiger partial charge in [0.25, 0.3) is 11.5 Å². The van der Waals surface area contributed by atoms with Crippen LogP contribution in [0.3, 0.4) is 0 Å². The number of aromatic nitrogens is 4. The van der Waals surface area contributed by atoms with Gasteiger partial charge in [0.05, 0.1) is 29.7 Å². The Kier molecular flexibility index (Phi) is 5.08. The van der Waals surface area contributed by atoms with Crippen LogP contribution in [0.1, 0.15) is 54.4 Å². The van der Waals surface area contributed by atoms with Crippen molar-refractivity contribution in [2.45, 2.75) is 44.1 Å². The molecule has 1 aromatic carbocycles. The second-order valence-electron chi connectivity index (χ2n) is 10.3. The van der Waals surface area contributed by atoms with Crippen LogP contribution in [0.4, 0.5) is 8.78 Å². The van der Waals surface area contributed by atoms with E-state index >= 15 is 0 Å². The monoisotopic (exact) mass is 493 g/mol. The highest BCUT2D eigenvalue weighted by Crippen LogP contribution is 2.69. The first-order valence-corrected chi connectivity index (χ1v) is 12.0.